The smallest absolute Gasteiger partial charge is 0.548 e. The Hall–Kier alpha value is 0.350. The summed E-state index contributed by atoms with van der Waals surface area (Å²) in [4.78, 5) is 10.5. The summed E-state index contributed by atoms with van der Waals surface area (Å²) in [5, 5.41) is 22.9. The first-order valence-electron chi connectivity index (χ1n) is 11.3. The second-order valence-electron chi connectivity index (χ2n) is 7.77. The maximum atomic E-state index is 10.5. The first-order valence-corrected chi connectivity index (χ1v) is 11.3. The zero-order valence-corrected chi connectivity index (χ0v) is 20.8. The van der Waals surface area contributed by atoms with Crippen molar-refractivity contribution in [2.45, 2.75) is 116 Å². The van der Waals surface area contributed by atoms with Gasteiger partial charge in [-0.25, -0.2) is 0 Å². The molecule has 2 N–H and O–H groups in total. The number of unbranched alkanes of at least 4 members (excludes halogenated alkanes) is 13. The summed E-state index contributed by atoms with van der Waals surface area (Å²) in [6, 6.07) is -0.759. The second kappa shape index (κ2) is 23.6. The van der Waals surface area contributed by atoms with Crippen LogP contribution in [0, 0.1) is 0 Å². The van der Waals surface area contributed by atoms with E-state index in [0.717, 1.165) is 6.42 Å². The van der Waals surface area contributed by atoms with Crippen molar-refractivity contribution in [1.82, 2.24) is 5.32 Å². The number of carboxylic acid groups (broad SMARTS) is 1. The normalized spacial score (nSPS) is 13.1. The molecule has 0 aromatic carbocycles. The van der Waals surface area contributed by atoms with Crippen molar-refractivity contribution in [3.05, 3.63) is 0 Å². The maximum Gasteiger partial charge on any atom is 1.00 e. The second-order valence-corrected chi connectivity index (χ2v) is 7.77. The van der Waals surface area contributed by atoms with Gasteiger partial charge in [0.2, 0.25) is 0 Å². The molecule has 0 amide bonds. The maximum absolute atomic E-state index is 10.5. The van der Waals surface area contributed by atoms with Crippen molar-refractivity contribution in [3.63, 3.8) is 0 Å². The van der Waals surface area contributed by atoms with Crippen LogP contribution in [-0.4, -0.2) is 43.0 Å². The number of rotatable bonds is 21. The number of ether oxygens (including phenoxy) is 1. The molecule has 0 bridgehead atoms. The molecule has 0 aliphatic carbocycles. The third-order valence-electron chi connectivity index (χ3n) is 4.97. The summed E-state index contributed by atoms with van der Waals surface area (Å²) in [6.07, 6.45) is 18.0. The summed E-state index contributed by atoms with van der Waals surface area (Å²) in [7, 11) is 0. The quantitative estimate of drug-likeness (QED) is 0.214. The van der Waals surface area contributed by atoms with E-state index in [-0.39, 0.29) is 42.7 Å². The Balaban J connectivity index is 0. The first-order chi connectivity index (χ1) is 13.1. The van der Waals surface area contributed by atoms with Crippen molar-refractivity contribution in [2.75, 3.05) is 19.8 Å². The van der Waals surface area contributed by atoms with E-state index < -0.39 is 18.1 Å². The van der Waals surface area contributed by atoms with Crippen LogP contribution in [0.1, 0.15) is 104 Å². The third kappa shape index (κ3) is 22.6. The van der Waals surface area contributed by atoms with Crippen LogP contribution < -0.4 is 40.0 Å². The summed E-state index contributed by atoms with van der Waals surface area (Å²) in [6.45, 7) is 4.86. The van der Waals surface area contributed by atoms with Crippen molar-refractivity contribution in [2.24, 2.45) is 0 Å². The van der Waals surface area contributed by atoms with Gasteiger partial charge in [0.15, 0.2) is 0 Å². The fraction of sp³-hybridized carbons (Fsp3) is 0.955. The molecule has 0 aliphatic rings. The molecule has 0 aliphatic heterocycles. The van der Waals surface area contributed by atoms with E-state index in [2.05, 4.69) is 12.2 Å². The SMILES string of the molecule is CCCCCCCCCCCCCCCCOCC(O)CN[C@@H](C)C(=O)[O-].[Na+]. The number of carbonyl (C=O) groups excluding carboxylic acids is 1. The number of aliphatic carboxylic acids is 1. The summed E-state index contributed by atoms with van der Waals surface area (Å²) < 4.78 is 5.44. The van der Waals surface area contributed by atoms with Gasteiger partial charge in [-0.05, 0) is 13.3 Å². The Morgan fingerprint density at radius 2 is 1.32 bits per heavy atom. The molecule has 6 heteroatoms. The van der Waals surface area contributed by atoms with Gasteiger partial charge in [-0.3, -0.25) is 0 Å². The van der Waals surface area contributed by atoms with Crippen LogP contribution >= 0.6 is 0 Å². The number of aliphatic hydroxyl groups is 1. The molecule has 0 aromatic heterocycles. The van der Waals surface area contributed by atoms with Crippen LogP contribution in [0.25, 0.3) is 0 Å². The number of carbonyl (C=O) groups is 1. The molecule has 0 saturated heterocycles. The summed E-state index contributed by atoms with van der Waals surface area (Å²) in [5.74, 6) is -1.16. The van der Waals surface area contributed by atoms with Gasteiger partial charge in [-0.15, -0.1) is 0 Å². The van der Waals surface area contributed by atoms with Crippen LogP contribution in [0.2, 0.25) is 0 Å². The molecule has 5 nitrogen and oxygen atoms in total. The Morgan fingerprint density at radius 1 is 0.893 bits per heavy atom. The monoisotopic (exact) mass is 409 g/mol. The van der Waals surface area contributed by atoms with Crippen LogP contribution in [0.5, 0.6) is 0 Å². The first kappa shape index (κ1) is 30.5. The Labute approximate surface area is 195 Å². The van der Waals surface area contributed by atoms with Crippen LogP contribution in [-0.2, 0) is 9.53 Å². The minimum Gasteiger partial charge on any atom is -0.548 e. The minimum atomic E-state index is -1.16. The zero-order valence-electron chi connectivity index (χ0n) is 18.8. The van der Waals surface area contributed by atoms with E-state index in [1.165, 1.54) is 90.4 Å². The molecule has 0 aromatic rings. The molecule has 0 rings (SSSR count). The predicted octanol–water partition coefficient (Wildman–Crippen LogP) is 0.577. The summed E-state index contributed by atoms with van der Waals surface area (Å²) >= 11 is 0. The molecule has 0 fully saturated rings. The van der Waals surface area contributed by atoms with Crippen LogP contribution in [0.3, 0.4) is 0 Å². The largest absolute Gasteiger partial charge is 1.00 e. The summed E-state index contributed by atoms with van der Waals surface area (Å²) in [5.41, 5.74) is 0. The molecule has 162 valence electrons. The van der Waals surface area contributed by atoms with E-state index >= 15 is 0 Å². The van der Waals surface area contributed by atoms with E-state index in [4.69, 9.17) is 4.74 Å². The van der Waals surface area contributed by atoms with Gasteiger partial charge in [-0.1, -0.05) is 90.4 Å². The topological polar surface area (TPSA) is 81.6 Å². The molecule has 0 heterocycles. The third-order valence-corrected chi connectivity index (χ3v) is 4.97. The molecular weight excluding hydrogens is 365 g/mol. The number of hydrogen-bond acceptors (Lipinski definition) is 5. The molecule has 0 spiro atoms. The zero-order chi connectivity index (χ0) is 20.2. The standard InChI is InChI=1S/C22H45NO4.Na/c1-3-4-5-6-7-8-9-10-11-12-13-14-15-16-17-27-19-21(24)18-23-20(2)22(25)26;/h20-21,23-24H,3-19H2,1-2H3,(H,25,26);/q;+1/p-1/t20-,21?;/m0./s1. The van der Waals surface area contributed by atoms with Crippen molar-refractivity contribution < 1.29 is 49.3 Å². The predicted molar refractivity (Wildman–Crippen MR) is 110 cm³/mol. The fourth-order valence-electron chi connectivity index (χ4n) is 3.07. The van der Waals surface area contributed by atoms with Crippen molar-refractivity contribution in [3.8, 4) is 0 Å². The van der Waals surface area contributed by atoms with Crippen LogP contribution in [0.15, 0.2) is 0 Å². The minimum absolute atomic E-state index is 0. The number of nitrogens with one attached hydrogen (secondary N) is 1. The van der Waals surface area contributed by atoms with Gasteiger partial charge in [-0.2, -0.15) is 0 Å². The molecule has 2 atom stereocenters. The molecular formula is C22H44NNaO4. The Kier molecular flexibility index (Phi) is 25.8. The molecule has 28 heavy (non-hydrogen) atoms. The average molecular weight is 410 g/mol. The molecule has 1 unspecified atom stereocenters. The van der Waals surface area contributed by atoms with Gasteiger partial charge >= 0.3 is 29.6 Å². The van der Waals surface area contributed by atoms with Gasteiger partial charge in [0.25, 0.3) is 0 Å². The Bertz CT molecular complexity index is 332. The van der Waals surface area contributed by atoms with Crippen molar-refractivity contribution >= 4 is 5.97 Å². The van der Waals surface area contributed by atoms with Crippen LogP contribution in [0.4, 0.5) is 0 Å². The average Bonchev–Trinajstić information content (AvgIpc) is 2.65. The number of aliphatic hydroxyl groups excluding tert-OH is 1. The number of hydrogen-bond donors (Lipinski definition) is 2. The Morgan fingerprint density at radius 3 is 1.75 bits per heavy atom. The van der Waals surface area contributed by atoms with E-state index in [9.17, 15) is 15.0 Å². The van der Waals surface area contributed by atoms with Gasteiger partial charge < -0.3 is 25.1 Å². The van der Waals surface area contributed by atoms with E-state index in [1.54, 1.807) is 0 Å². The van der Waals surface area contributed by atoms with E-state index in [1.807, 2.05) is 0 Å². The number of carboxylic acids is 1. The van der Waals surface area contributed by atoms with Crippen molar-refractivity contribution in [1.29, 1.82) is 0 Å². The van der Waals surface area contributed by atoms with E-state index in [0.29, 0.717) is 6.61 Å². The molecule has 0 radical (unpaired) electrons. The fourth-order valence-corrected chi connectivity index (χ4v) is 3.07. The molecule has 0 saturated carbocycles. The van der Waals surface area contributed by atoms with Gasteiger partial charge in [0.1, 0.15) is 0 Å². The van der Waals surface area contributed by atoms with Gasteiger partial charge in [0.05, 0.1) is 18.7 Å². The van der Waals surface area contributed by atoms with Gasteiger partial charge in [0, 0.05) is 19.2 Å².